The fraction of sp³-hybridized carbons (Fsp3) is 0.421. The highest BCUT2D eigenvalue weighted by molar-refractivity contribution is 6.09. The summed E-state index contributed by atoms with van der Waals surface area (Å²) in [6.45, 7) is 1.94. The van der Waals surface area contributed by atoms with Crippen molar-refractivity contribution in [3.05, 3.63) is 47.5 Å². The van der Waals surface area contributed by atoms with Crippen molar-refractivity contribution in [2.75, 3.05) is 0 Å². The summed E-state index contributed by atoms with van der Waals surface area (Å²) in [6, 6.07) is 7.05. The zero-order chi connectivity index (χ0) is 16.6. The van der Waals surface area contributed by atoms with Crippen molar-refractivity contribution in [2.45, 2.75) is 19.8 Å². The first-order valence-electron chi connectivity index (χ1n) is 8.47. The molecule has 1 N–H and O–H groups in total. The summed E-state index contributed by atoms with van der Waals surface area (Å²) in [7, 11) is 0. The van der Waals surface area contributed by atoms with Crippen LogP contribution in [0.15, 0.2) is 36.4 Å². The molecule has 0 unspecified atom stereocenters. The van der Waals surface area contributed by atoms with Gasteiger partial charge in [-0.3, -0.25) is 19.8 Å². The molecular formula is C19H18N2O3. The monoisotopic (exact) mass is 322 g/mol. The number of aryl methyl sites for hydroxylation is 1. The average Bonchev–Trinajstić information content (AvgIpc) is 3.18. The Morgan fingerprint density at radius 2 is 1.58 bits per heavy atom. The fourth-order valence-corrected chi connectivity index (χ4v) is 5.06. The molecule has 1 aliphatic heterocycles. The van der Waals surface area contributed by atoms with Crippen molar-refractivity contribution < 1.29 is 14.4 Å². The molecule has 24 heavy (non-hydrogen) atoms. The van der Waals surface area contributed by atoms with Gasteiger partial charge in [-0.15, -0.1) is 0 Å². The summed E-state index contributed by atoms with van der Waals surface area (Å²) >= 11 is 0. The van der Waals surface area contributed by atoms with E-state index in [0.717, 1.165) is 23.4 Å². The van der Waals surface area contributed by atoms with Crippen molar-refractivity contribution in [2.24, 2.45) is 29.1 Å². The van der Waals surface area contributed by atoms with Gasteiger partial charge in [0.25, 0.3) is 17.7 Å². The number of carbonyl (C=O) groups is 3. The molecule has 3 amide bonds. The van der Waals surface area contributed by atoms with E-state index in [0.29, 0.717) is 5.56 Å². The zero-order valence-corrected chi connectivity index (χ0v) is 13.4. The lowest BCUT2D eigenvalue weighted by Crippen LogP contribution is -2.47. The number of fused-ring (bicyclic) bond motifs is 3. The second-order valence-corrected chi connectivity index (χ2v) is 7.54. The Morgan fingerprint density at radius 3 is 2.08 bits per heavy atom. The van der Waals surface area contributed by atoms with Crippen LogP contribution in [-0.2, 0) is 9.59 Å². The van der Waals surface area contributed by atoms with Crippen molar-refractivity contribution in [1.82, 2.24) is 10.4 Å². The molecule has 4 aliphatic rings. The van der Waals surface area contributed by atoms with Crippen LogP contribution < -0.4 is 5.43 Å². The third-order valence-electron chi connectivity index (χ3n) is 6.38. The number of imide groups is 1. The number of nitrogens with one attached hydrogen (secondary N) is 1. The number of nitrogens with zero attached hydrogens (tertiary/aromatic N) is 1. The minimum Gasteiger partial charge on any atom is -0.272 e. The molecule has 3 aliphatic carbocycles. The summed E-state index contributed by atoms with van der Waals surface area (Å²) in [6.07, 6.45) is 6.46. The number of benzene rings is 1. The van der Waals surface area contributed by atoms with Crippen LogP contribution in [0.1, 0.15) is 28.8 Å². The van der Waals surface area contributed by atoms with E-state index in [1.165, 1.54) is 0 Å². The predicted octanol–water partition coefficient (Wildman–Crippen LogP) is 1.84. The van der Waals surface area contributed by atoms with Crippen molar-refractivity contribution in [3.8, 4) is 0 Å². The topological polar surface area (TPSA) is 66.5 Å². The molecule has 5 rings (SSSR count). The number of rotatable bonds is 2. The van der Waals surface area contributed by atoms with E-state index < -0.39 is 5.91 Å². The maximum absolute atomic E-state index is 12.8. The minimum absolute atomic E-state index is 0.172. The lowest BCUT2D eigenvalue weighted by molar-refractivity contribution is -0.144. The number of amides is 3. The molecule has 1 heterocycles. The summed E-state index contributed by atoms with van der Waals surface area (Å²) in [5.74, 6) is -1.13. The Bertz CT molecular complexity index is 772. The molecule has 1 spiro atoms. The van der Waals surface area contributed by atoms with Crippen molar-refractivity contribution in [1.29, 1.82) is 0 Å². The van der Waals surface area contributed by atoms with Gasteiger partial charge < -0.3 is 0 Å². The van der Waals surface area contributed by atoms with Gasteiger partial charge in [0.2, 0.25) is 0 Å². The van der Waals surface area contributed by atoms with Crippen LogP contribution in [-0.4, -0.2) is 22.7 Å². The Labute approximate surface area is 139 Å². The molecular weight excluding hydrogens is 304 g/mol. The first-order chi connectivity index (χ1) is 11.5. The molecule has 0 aromatic heterocycles. The first kappa shape index (κ1) is 14.0. The normalized spacial score (nSPS) is 34.1. The molecule has 2 saturated carbocycles. The number of hydrogen-bond acceptors (Lipinski definition) is 3. The fourth-order valence-electron chi connectivity index (χ4n) is 5.06. The van der Waals surface area contributed by atoms with E-state index in [1.807, 2.05) is 19.1 Å². The highest BCUT2D eigenvalue weighted by atomic mass is 16.2. The van der Waals surface area contributed by atoms with Crippen LogP contribution in [0.25, 0.3) is 0 Å². The van der Waals surface area contributed by atoms with E-state index in [1.54, 1.807) is 12.1 Å². The van der Waals surface area contributed by atoms with Crippen molar-refractivity contribution in [3.63, 3.8) is 0 Å². The largest absolute Gasteiger partial charge is 0.272 e. The van der Waals surface area contributed by atoms with Crippen LogP contribution in [0.4, 0.5) is 0 Å². The quantitative estimate of drug-likeness (QED) is 0.667. The molecule has 4 atom stereocenters. The third kappa shape index (κ3) is 1.57. The number of hydrazine groups is 1. The van der Waals surface area contributed by atoms with Crippen LogP contribution in [0.2, 0.25) is 0 Å². The second-order valence-electron chi connectivity index (χ2n) is 7.54. The van der Waals surface area contributed by atoms with Gasteiger partial charge in [0.15, 0.2) is 0 Å². The minimum atomic E-state index is -0.418. The Morgan fingerprint density at radius 1 is 1.04 bits per heavy atom. The first-order valence-corrected chi connectivity index (χ1v) is 8.47. The van der Waals surface area contributed by atoms with Gasteiger partial charge in [0, 0.05) is 5.56 Å². The molecule has 3 fully saturated rings. The molecule has 2 bridgehead atoms. The van der Waals surface area contributed by atoms with Crippen LogP contribution in [0.5, 0.6) is 0 Å². The number of carbonyl (C=O) groups excluding carboxylic acids is 3. The van der Waals surface area contributed by atoms with Crippen LogP contribution in [0, 0.1) is 36.0 Å². The summed E-state index contributed by atoms with van der Waals surface area (Å²) in [4.78, 5) is 37.9. The van der Waals surface area contributed by atoms with Crippen LogP contribution in [0.3, 0.4) is 0 Å². The maximum atomic E-state index is 12.8. The molecule has 1 saturated heterocycles. The summed E-state index contributed by atoms with van der Waals surface area (Å²) < 4.78 is 0. The molecule has 122 valence electrons. The Kier molecular flexibility index (Phi) is 2.53. The molecule has 5 heteroatoms. The van der Waals surface area contributed by atoms with E-state index in [2.05, 4.69) is 17.6 Å². The zero-order valence-electron chi connectivity index (χ0n) is 13.4. The predicted molar refractivity (Wildman–Crippen MR) is 85.3 cm³/mol. The van der Waals surface area contributed by atoms with E-state index in [9.17, 15) is 14.4 Å². The average molecular weight is 322 g/mol. The number of hydrogen-bond donors (Lipinski definition) is 1. The lowest BCUT2D eigenvalue weighted by atomic mass is 9.85. The summed E-state index contributed by atoms with van der Waals surface area (Å²) in [5, 5.41) is 0.972. The SMILES string of the molecule is Cc1ccc(C(=O)NN2C(=O)[C@@H]3[C@@H](C2=O)[C@H]2C=C[C@H]3C23CC3)cc1. The van der Waals surface area contributed by atoms with Gasteiger partial charge in [-0.25, -0.2) is 0 Å². The Balaban J connectivity index is 1.39. The Hall–Kier alpha value is -2.43. The van der Waals surface area contributed by atoms with Gasteiger partial charge in [-0.1, -0.05) is 29.8 Å². The lowest BCUT2D eigenvalue weighted by Gasteiger charge is -2.22. The van der Waals surface area contributed by atoms with Gasteiger partial charge in [0.05, 0.1) is 11.8 Å². The van der Waals surface area contributed by atoms with Gasteiger partial charge in [0.1, 0.15) is 0 Å². The van der Waals surface area contributed by atoms with Crippen LogP contribution >= 0.6 is 0 Å². The smallest absolute Gasteiger partial charge is 0.270 e. The van der Waals surface area contributed by atoms with Gasteiger partial charge in [-0.05, 0) is 49.1 Å². The summed E-state index contributed by atoms with van der Waals surface area (Å²) in [5.41, 5.74) is 4.19. The number of allylic oxidation sites excluding steroid dienone is 2. The maximum Gasteiger partial charge on any atom is 0.270 e. The van der Waals surface area contributed by atoms with Crippen molar-refractivity contribution >= 4 is 17.7 Å². The third-order valence-corrected chi connectivity index (χ3v) is 6.38. The second kappa shape index (κ2) is 4.35. The molecule has 1 aromatic carbocycles. The van der Waals surface area contributed by atoms with Gasteiger partial charge >= 0.3 is 0 Å². The highest BCUT2D eigenvalue weighted by Gasteiger charge is 2.73. The van der Waals surface area contributed by atoms with E-state index in [4.69, 9.17) is 0 Å². The molecule has 1 aromatic rings. The van der Waals surface area contributed by atoms with E-state index in [-0.39, 0.29) is 40.9 Å². The molecule has 0 radical (unpaired) electrons. The molecule has 5 nitrogen and oxygen atoms in total. The van der Waals surface area contributed by atoms with Gasteiger partial charge in [-0.2, -0.15) is 5.01 Å². The highest BCUT2D eigenvalue weighted by Crippen LogP contribution is 2.73. The standard InChI is InChI=1S/C19H18N2O3/c1-10-2-4-11(5-3-10)16(22)20-21-17(23)14-12-6-7-13(15(14)18(21)24)19(12)8-9-19/h2-7,12-15H,8-9H2,1H3,(H,20,22)/t12-,13-,14+,15+/m1/s1. The van der Waals surface area contributed by atoms with E-state index >= 15 is 0 Å².